The number of nitrogens with zero attached hydrogens (tertiary/aromatic N) is 1. The van der Waals surface area contributed by atoms with Gasteiger partial charge in [-0.3, -0.25) is 4.79 Å². The van der Waals surface area contributed by atoms with Gasteiger partial charge in [0.25, 0.3) is 0 Å². The van der Waals surface area contributed by atoms with Crippen molar-refractivity contribution in [3.05, 3.63) is 29.8 Å². The van der Waals surface area contributed by atoms with Crippen molar-refractivity contribution >= 4 is 11.6 Å². The zero-order chi connectivity index (χ0) is 13.0. The fourth-order valence-electron chi connectivity index (χ4n) is 2.44. The van der Waals surface area contributed by atoms with Crippen molar-refractivity contribution < 1.29 is 4.79 Å². The van der Waals surface area contributed by atoms with Gasteiger partial charge in [-0.1, -0.05) is 31.0 Å². The second kappa shape index (κ2) is 5.59. The highest BCUT2D eigenvalue weighted by Crippen LogP contribution is 2.28. The summed E-state index contributed by atoms with van der Waals surface area (Å²) in [5, 5.41) is 2.71. The van der Waals surface area contributed by atoms with Crippen LogP contribution in [0.1, 0.15) is 12.5 Å². The average Bonchev–Trinajstić information content (AvgIpc) is 2.36. The number of para-hydroxylation sites is 1. The zero-order valence-electron chi connectivity index (χ0n) is 10.6. The molecule has 0 fully saturated rings. The van der Waals surface area contributed by atoms with Crippen molar-refractivity contribution in [1.29, 1.82) is 0 Å². The molecule has 1 aliphatic heterocycles. The van der Waals surface area contributed by atoms with Gasteiger partial charge in [-0.2, -0.15) is 0 Å². The van der Waals surface area contributed by atoms with E-state index < -0.39 is 0 Å². The molecule has 1 aliphatic rings. The molecule has 94 valence electrons. The van der Waals surface area contributed by atoms with E-state index >= 15 is 0 Å². The standard InChI is InChI=1S/C15H18N2O/c1-3-8-16-15(18)11-17-10-12(2)9-13-6-4-5-7-14(13)17/h1,4-7,12H,8-11H2,2H3,(H,16,18). The number of rotatable bonds is 3. The number of fused-ring (bicyclic) bond motifs is 1. The Labute approximate surface area is 108 Å². The van der Waals surface area contributed by atoms with Crippen LogP contribution in [-0.4, -0.2) is 25.5 Å². The van der Waals surface area contributed by atoms with Crippen LogP contribution in [0.3, 0.4) is 0 Å². The Morgan fingerprint density at radius 3 is 3.11 bits per heavy atom. The molecule has 2 rings (SSSR count). The number of amides is 1. The number of hydrogen-bond acceptors (Lipinski definition) is 2. The molecule has 18 heavy (non-hydrogen) atoms. The van der Waals surface area contributed by atoms with Crippen molar-refractivity contribution in [2.75, 3.05) is 24.5 Å². The topological polar surface area (TPSA) is 32.3 Å². The van der Waals surface area contributed by atoms with Crippen LogP contribution in [0.25, 0.3) is 0 Å². The number of benzene rings is 1. The molecule has 0 aliphatic carbocycles. The van der Waals surface area contributed by atoms with Crippen LogP contribution in [0, 0.1) is 18.3 Å². The Hall–Kier alpha value is -1.95. The van der Waals surface area contributed by atoms with Crippen LogP contribution in [0.2, 0.25) is 0 Å². The van der Waals surface area contributed by atoms with E-state index in [0.29, 0.717) is 19.0 Å². The normalized spacial score (nSPS) is 17.8. The van der Waals surface area contributed by atoms with Crippen LogP contribution in [0.15, 0.2) is 24.3 Å². The second-order valence-corrected chi connectivity index (χ2v) is 4.80. The number of hydrogen-bond donors (Lipinski definition) is 1. The molecule has 1 aromatic rings. The number of terminal acetylenes is 1. The van der Waals surface area contributed by atoms with Gasteiger partial charge in [-0.25, -0.2) is 0 Å². The predicted octanol–water partition coefficient (Wildman–Crippen LogP) is 1.43. The van der Waals surface area contributed by atoms with Crippen molar-refractivity contribution in [1.82, 2.24) is 5.32 Å². The lowest BCUT2D eigenvalue weighted by Gasteiger charge is -2.34. The monoisotopic (exact) mass is 242 g/mol. The Morgan fingerprint density at radius 2 is 2.33 bits per heavy atom. The van der Waals surface area contributed by atoms with E-state index in [2.05, 4.69) is 35.2 Å². The van der Waals surface area contributed by atoms with E-state index in [9.17, 15) is 4.79 Å². The first-order valence-corrected chi connectivity index (χ1v) is 6.23. The molecule has 3 heteroatoms. The quantitative estimate of drug-likeness (QED) is 0.813. The summed E-state index contributed by atoms with van der Waals surface area (Å²) >= 11 is 0. The molecule has 1 heterocycles. The van der Waals surface area contributed by atoms with Crippen LogP contribution < -0.4 is 10.2 Å². The van der Waals surface area contributed by atoms with Crippen molar-refractivity contribution in [3.8, 4) is 12.3 Å². The van der Waals surface area contributed by atoms with Crippen molar-refractivity contribution in [2.24, 2.45) is 5.92 Å². The fourth-order valence-corrected chi connectivity index (χ4v) is 2.44. The molecule has 1 N–H and O–H groups in total. The van der Waals surface area contributed by atoms with E-state index in [1.165, 1.54) is 11.3 Å². The SMILES string of the molecule is C#CCNC(=O)CN1CC(C)Cc2ccccc21. The summed E-state index contributed by atoms with van der Waals surface area (Å²) in [4.78, 5) is 13.9. The second-order valence-electron chi connectivity index (χ2n) is 4.80. The lowest BCUT2D eigenvalue weighted by Crippen LogP contribution is -2.42. The smallest absolute Gasteiger partial charge is 0.240 e. The maximum Gasteiger partial charge on any atom is 0.240 e. The van der Waals surface area contributed by atoms with E-state index in [0.717, 1.165) is 13.0 Å². The molecule has 0 spiro atoms. The van der Waals surface area contributed by atoms with Gasteiger partial charge in [0, 0.05) is 12.2 Å². The van der Waals surface area contributed by atoms with E-state index in [1.54, 1.807) is 0 Å². The Balaban J connectivity index is 2.09. The third kappa shape index (κ3) is 2.84. The van der Waals surface area contributed by atoms with Crippen LogP contribution in [-0.2, 0) is 11.2 Å². The van der Waals surface area contributed by atoms with Gasteiger partial charge >= 0.3 is 0 Å². The highest BCUT2D eigenvalue weighted by Gasteiger charge is 2.22. The fraction of sp³-hybridized carbons (Fsp3) is 0.400. The number of carbonyl (C=O) groups excluding carboxylic acids is 1. The first-order chi connectivity index (χ1) is 8.70. The molecule has 1 unspecified atom stereocenters. The number of carbonyl (C=O) groups is 1. The van der Waals surface area contributed by atoms with Crippen LogP contribution in [0.5, 0.6) is 0 Å². The summed E-state index contributed by atoms with van der Waals surface area (Å²) in [5.74, 6) is 2.97. The number of nitrogens with one attached hydrogen (secondary N) is 1. The molecule has 0 saturated carbocycles. The summed E-state index contributed by atoms with van der Waals surface area (Å²) < 4.78 is 0. The summed E-state index contributed by atoms with van der Waals surface area (Å²) in [6.07, 6.45) is 6.21. The Bertz CT molecular complexity index is 476. The minimum Gasteiger partial charge on any atom is -0.362 e. The van der Waals surface area contributed by atoms with Gasteiger partial charge in [0.2, 0.25) is 5.91 Å². The molecule has 0 aromatic heterocycles. The van der Waals surface area contributed by atoms with Gasteiger partial charge in [0.15, 0.2) is 0 Å². The summed E-state index contributed by atoms with van der Waals surface area (Å²) in [6, 6.07) is 8.28. The van der Waals surface area contributed by atoms with Crippen molar-refractivity contribution in [3.63, 3.8) is 0 Å². The third-order valence-electron chi connectivity index (χ3n) is 3.15. The molecule has 0 saturated heterocycles. The van der Waals surface area contributed by atoms with E-state index in [1.807, 2.05) is 12.1 Å². The summed E-state index contributed by atoms with van der Waals surface area (Å²) in [6.45, 7) is 3.80. The highest BCUT2D eigenvalue weighted by atomic mass is 16.2. The first kappa shape index (κ1) is 12.5. The van der Waals surface area contributed by atoms with Gasteiger partial charge < -0.3 is 10.2 Å². The minimum atomic E-state index is -0.0168. The molecule has 1 amide bonds. The maximum atomic E-state index is 11.7. The molecule has 1 atom stereocenters. The van der Waals surface area contributed by atoms with Gasteiger partial charge in [-0.15, -0.1) is 6.42 Å². The number of anilines is 1. The van der Waals surface area contributed by atoms with Crippen LogP contribution >= 0.6 is 0 Å². The van der Waals surface area contributed by atoms with E-state index in [4.69, 9.17) is 6.42 Å². The van der Waals surface area contributed by atoms with Gasteiger partial charge in [-0.05, 0) is 24.0 Å². The Kier molecular flexibility index (Phi) is 3.88. The van der Waals surface area contributed by atoms with Gasteiger partial charge in [0.05, 0.1) is 13.1 Å². The van der Waals surface area contributed by atoms with E-state index in [-0.39, 0.29) is 5.91 Å². The molecule has 0 bridgehead atoms. The Morgan fingerprint density at radius 1 is 1.56 bits per heavy atom. The lowest BCUT2D eigenvalue weighted by atomic mass is 9.94. The predicted molar refractivity (Wildman–Crippen MR) is 73.4 cm³/mol. The molecule has 3 nitrogen and oxygen atoms in total. The largest absolute Gasteiger partial charge is 0.362 e. The van der Waals surface area contributed by atoms with Crippen LogP contribution in [0.4, 0.5) is 5.69 Å². The highest BCUT2D eigenvalue weighted by molar-refractivity contribution is 5.82. The molecule has 0 radical (unpaired) electrons. The maximum absolute atomic E-state index is 11.7. The lowest BCUT2D eigenvalue weighted by molar-refractivity contribution is -0.119. The van der Waals surface area contributed by atoms with Crippen molar-refractivity contribution in [2.45, 2.75) is 13.3 Å². The first-order valence-electron chi connectivity index (χ1n) is 6.23. The molecular formula is C15H18N2O. The minimum absolute atomic E-state index is 0.0168. The third-order valence-corrected chi connectivity index (χ3v) is 3.15. The molecule has 1 aromatic carbocycles. The summed E-state index contributed by atoms with van der Waals surface area (Å²) in [5.41, 5.74) is 2.49. The molecular weight excluding hydrogens is 224 g/mol. The zero-order valence-corrected chi connectivity index (χ0v) is 10.6. The van der Waals surface area contributed by atoms with Gasteiger partial charge in [0.1, 0.15) is 0 Å². The average molecular weight is 242 g/mol. The summed E-state index contributed by atoms with van der Waals surface area (Å²) in [7, 11) is 0.